The van der Waals surface area contributed by atoms with E-state index in [0.29, 0.717) is 22.9 Å². The van der Waals surface area contributed by atoms with Gasteiger partial charge in [0.15, 0.2) is 0 Å². The van der Waals surface area contributed by atoms with Crippen molar-refractivity contribution < 1.29 is 52.4 Å². The lowest BCUT2D eigenvalue weighted by Crippen LogP contribution is -2.38. The normalized spacial score (nSPS) is 11.0. The maximum absolute atomic E-state index is 11.4. The molecule has 2 heterocycles. The lowest BCUT2D eigenvalue weighted by Gasteiger charge is -2.24. The number of nitrogen functional groups attached to an aromatic ring is 1. The molecule has 0 aliphatic carbocycles. The number of methoxy groups -OCH3 is 2. The third-order valence-electron chi connectivity index (χ3n) is 11.3. The molecule has 0 bridgehead atoms. The maximum atomic E-state index is 11.4. The van der Waals surface area contributed by atoms with Crippen LogP contribution in [-0.4, -0.2) is 74.0 Å². The highest BCUT2D eigenvalue weighted by Crippen LogP contribution is 2.28. The van der Waals surface area contributed by atoms with Crippen LogP contribution in [0.3, 0.4) is 0 Å². The van der Waals surface area contributed by atoms with Crippen molar-refractivity contribution >= 4 is 81.7 Å². The minimum atomic E-state index is -1.50. The summed E-state index contributed by atoms with van der Waals surface area (Å²) in [5.41, 5.74) is 10.9. The molecule has 7 rings (SSSR count). The zero-order valence-electron chi connectivity index (χ0n) is 49.0. The highest BCUT2D eigenvalue weighted by atomic mass is 79.9. The average Bonchev–Trinajstić information content (AvgIpc) is 3.99. The fraction of sp³-hybridized carbons (Fsp3) is 0.333. The second-order valence-corrected chi connectivity index (χ2v) is 43.1. The molecule has 0 aliphatic heterocycles. The van der Waals surface area contributed by atoms with Gasteiger partial charge in [0, 0.05) is 22.3 Å². The van der Waals surface area contributed by atoms with Crippen molar-refractivity contribution in [1.82, 2.24) is 0 Å². The van der Waals surface area contributed by atoms with Gasteiger partial charge in [-0.25, -0.2) is 9.59 Å². The van der Waals surface area contributed by atoms with E-state index in [1.165, 1.54) is 41.4 Å². The van der Waals surface area contributed by atoms with Crippen molar-refractivity contribution in [3.63, 3.8) is 0 Å². The van der Waals surface area contributed by atoms with E-state index < -0.39 is 44.5 Å². The maximum Gasteiger partial charge on any atom is 0.374 e. The molecule has 0 saturated heterocycles. The van der Waals surface area contributed by atoms with Crippen LogP contribution in [0.25, 0.3) is 0 Å². The van der Waals surface area contributed by atoms with Gasteiger partial charge in [-0.3, -0.25) is 0 Å². The van der Waals surface area contributed by atoms with Gasteiger partial charge in [-0.2, -0.15) is 0 Å². The fourth-order valence-electron chi connectivity index (χ4n) is 6.31. The number of furan rings is 2. The SMILES string of the molecule is COC(=O)c1ccc(C)o1.COC(=O)c1ccc(Oc2cc([Si](C)(C)C)ccc2C)o1.Cc1ccc(Br)cc1O.Cc1ccc(N)cc1O.Cc1ccc([Si](C)(C)C)cc1O.Cc1ccc([Si](C)(C)C)cc1O[Si](C)(C)C. The summed E-state index contributed by atoms with van der Waals surface area (Å²) in [4.78, 5) is 22.1. The number of carbonyl (C=O) groups is 2. The first-order chi connectivity index (χ1) is 35.4. The van der Waals surface area contributed by atoms with Crippen LogP contribution in [0.2, 0.25) is 78.6 Å². The number of phenolic OH excluding ortho intramolecular Hbond substituents is 3. The summed E-state index contributed by atoms with van der Waals surface area (Å²) in [7, 11) is -2.75. The molecule has 0 spiro atoms. The summed E-state index contributed by atoms with van der Waals surface area (Å²) in [5.74, 6) is 3.29. The number of anilines is 1. The first-order valence-electron chi connectivity index (χ1n) is 25.2. The second-order valence-electron chi connectivity index (χ2n) is 22.5. The van der Waals surface area contributed by atoms with Gasteiger partial charge in [-0.1, -0.05) is 139 Å². The van der Waals surface area contributed by atoms with E-state index in [0.717, 1.165) is 38.2 Å². The molecule has 0 fully saturated rings. The van der Waals surface area contributed by atoms with Crippen LogP contribution in [0.4, 0.5) is 5.69 Å². The molecule has 12 nitrogen and oxygen atoms in total. The number of hydrogen-bond donors (Lipinski definition) is 4. The Morgan fingerprint density at radius 1 is 0.468 bits per heavy atom. The van der Waals surface area contributed by atoms with Gasteiger partial charge in [-0.15, -0.1) is 0 Å². The van der Waals surface area contributed by atoms with Gasteiger partial charge in [0.05, 0.1) is 38.4 Å². The summed E-state index contributed by atoms with van der Waals surface area (Å²) >= 11 is 3.24. The minimum Gasteiger partial charge on any atom is -0.544 e. The van der Waals surface area contributed by atoms with Gasteiger partial charge in [0.1, 0.15) is 34.5 Å². The number of ether oxygens (including phenoxy) is 3. The summed E-state index contributed by atoms with van der Waals surface area (Å²) < 4.78 is 32.1. The Bertz CT molecular complexity index is 2960. The standard InChI is InChI=1S/C16H20O4Si.C13H24OSi2.C10H16OSi.C7H7BrO.C7H9NO.C7H8O3/c1-11-6-7-12(21(3,4)5)10-14(11)20-15-9-8-13(19-15)16(17)18-2;1-11-8-9-12(15(2,3)4)10-13(11)14-16(5,6)7;1-8-5-6-9(7-10(8)11)12(2,3)4;2*1-5-2-3-6(8)4-7(5)9;1-5-3-4-6(10-5)7(8)9-2/h6-10H,1-5H3;8-10H,1-7H3;5-7,11H,1-4H3;2-4,9H,1H3;2-4,9H,8H2,1H3;3-4H,1-2H3. The fourth-order valence-corrected chi connectivity index (χ4v) is 11.0. The lowest BCUT2D eigenvalue weighted by atomic mass is 10.2. The topological polar surface area (TPSA) is 184 Å². The monoisotopic (exact) mass is 1190 g/mol. The smallest absolute Gasteiger partial charge is 0.374 e. The van der Waals surface area contributed by atoms with Crippen molar-refractivity contribution in [2.75, 3.05) is 20.0 Å². The van der Waals surface area contributed by atoms with Crippen LogP contribution in [0.15, 0.2) is 129 Å². The molecule has 17 heteroatoms. The molecule has 5 aromatic carbocycles. The summed E-state index contributed by atoms with van der Waals surface area (Å²) in [5, 5.41) is 31.7. The third kappa shape index (κ3) is 23.9. The predicted molar refractivity (Wildman–Crippen MR) is 331 cm³/mol. The summed E-state index contributed by atoms with van der Waals surface area (Å²) in [6, 6.07) is 36.0. The molecule has 0 unspecified atom stereocenters. The van der Waals surface area contributed by atoms with Crippen molar-refractivity contribution in [3.8, 4) is 34.7 Å². The number of benzene rings is 5. The summed E-state index contributed by atoms with van der Waals surface area (Å²) in [6.07, 6.45) is 0. The number of rotatable bonds is 9. The molecule has 0 saturated carbocycles. The molecule has 0 aliphatic rings. The Kier molecular flexibility index (Phi) is 25.6. The van der Waals surface area contributed by atoms with Gasteiger partial charge in [-0.05, 0) is 144 Å². The molecule has 0 atom stereocenters. The predicted octanol–water partition coefficient (Wildman–Crippen LogP) is 14.8. The number of nitrogens with two attached hydrogens (primary N) is 1. The van der Waals surface area contributed by atoms with Crippen LogP contribution in [0, 0.1) is 41.5 Å². The first kappa shape index (κ1) is 66.9. The molecular formula is C60H84BrNO11Si4. The van der Waals surface area contributed by atoms with Gasteiger partial charge in [0.2, 0.25) is 19.8 Å². The first-order valence-corrected chi connectivity index (χ1v) is 39.9. The molecule has 5 N–H and O–H groups in total. The highest BCUT2D eigenvalue weighted by Gasteiger charge is 2.22. The van der Waals surface area contributed by atoms with E-state index in [9.17, 15) is 14.7 Å². The quantitative estimate of drug-likeness (QED) is 0.0610. The van der Waals surface area contributed by atoms with Crippen LogP contribution in [0.5, 0.6) is 34.7 Å². The van der Waals surface area contributed by atoms with Gasteiger partial charge in [0.25, 0.3) is 5.95 Å². The van der Waals surface area contributed by atoms with E-state index >= 15 is 0 Å². The second kappa shape index (κ2) is 29.5. The number of carbonyl (C=O) groups excluding carboxylic acids is 2. The Labute approximate surface area is 470 Å². The number of aryl methyl sites for hydroxylation is 6. The third-order valence-corrected chi connectivity index (χ3v) is 18.8. The van der Waals surface area contributed by atoms with E-state index in [2.05, 4.69) is 147 Å². The molecule has 0 radical (unpaired) electrons. The molecular weight excluding hydrogens is 1100 g/mol. The van der Waals surface area contributed by atoms with E-state index in [-0.39, 0.29) is 23.2 Å². The van der Waals surface area contributed by atoms with Crippen molar-refractivity contribution in [2.24, 2.45) is 0 Å². The van der Waals surface area contributed by atoms with Crippen LogP contribution in [-0.2, 0) is 9.47 Å². The number of esters is 2. The Morgan fingerprint density at radius 3 is 1.25 bits per heavy atom. The lowest BCUT2D eigenvalue weighted by molar-refractivity contribution is 0.0554. The number of hydrogen-bond acceptors (Lipinski definition) is 12. The van der Waals surface area contributed by atoms with E-state index in [1.807, 2.05) is 58.0 Å². The minimum absolute atomic E-state index is 0.131. The Balaban J connectivity index is 0.000000326. The molecule has 77 heavy (non-hydrogen) atoms. The average molecular weight is 1190 g/mol. The molecule has 418 valence electrons. The van der Waals surface area contributed by atoms with Crippen LogP contribution >= 0.6 is 15.9 Å². The number of phenols is 3. The van der Waals surface area contributed by atoms with Crippen LogP contribution in [0.1, 0.15) is 54.7 Å². The summed E-state index contributed by atoms with van der Waals surface area (Å²) in [6.45, 7) is 39.0. The van der Waals surface area contributed by atoms with E-state index in [4.69, 9.17) is 33.9 Å². The van der Waals surface area contributed by atoms with E-state index in [1.54, 1.807) is 49.4 Å². The molecule has 2 aromatic heterocycles. The Hall–Kier alpha value is -6.25. The highest BCUT2D eigenvalue weighted by molar-refractivity contribution is 9.10. The largest absolute Gasteiger partial charge is 0.544 e. The van der Waals surface area contributed by atoms with Gasteiger partial charge < -0.3 is 48.5 Å². The van der Waals surface area contributed by atoms with Crippen molar-refractivity contribution in [3.05, 3.63) is 165 Å². The number of aromatic hydroxyl groups is 3. The van der Waals surface area contributed by atoms with Crippen molar-refractivity contribution in [2.45, 2.75) is 120 Å². The molecule has 0 amide bonds. The van der Waals surface area contributed by atoms with Crippen LogP contribution < -0.4 is 30.5 Å². The molecule has 7 aromatic rings. The zero-order valence-corrected chi connectivity index (χ0v) is 54.6. The Morgan fingerprint density at radius 2 is 0.857 bits per heavy atom. The number of halogens is 1. The van der Waals surface area contributed by atoms with Gasteiger partial charge >= 0.3 is 11.9 Å². The zero-order chi connectivity index (χ0) is 58.8. The van der Waals surface area contributed by atoms with Crippen molar-refractivity contribution in [1.29, 1.82) is 0 Å².